The van der Waals surface area contributed by atoms with Crippen LogP contribution in [0.4, 0.5) is 4.39 Å². The van der Waals surface area contributed by atoms with E-state index in [1.165, 1.54) is 18.9 Å². The van der Waals surface area contributed by atoms with Crippen molar-refractivity contribution in [3.63, 3.8) is 0 Å². The molecule has 1 fully saturated rings. The average Bonchev–Trinajstić information content (AvgIpc) is 3.18. The van der Waals surface area contributed by atoms with Crippen LogP contribution in [0, 0.1) is 11.7 Å². The van der Waals surface area contributed by atoms with Crippen molar-refractivity contribution in [3.05, 3.63) is 35.1 Å². The van der Waals surface area contributed by atoms with Gasteiger partial charge in [0, 0.05) is 0 Å². The van der Waals surface area contributed by atoms with Gasteiger partial charge in [0.2, 0.25) is 5.91 Å². The molecule has 1 aromatic carbocycles. The number of hydrogen-bond acceptors (Lipinski definition) is 2. The molecular weight excluding hydrogens is 257 g/mol. The molecule has 2 aliphatic carbocycles. The Morgan fingerprint density at radius 3 is 3.00 bits per heavy atom. The van der Waals surface area contributed by atoms with Crippen LogP contribution in [0.25, 0.3) is 0 Å². The third-order valence-corrected chi connectivity index (χ3v) is 4.18. The lowest BCUT2D eigenvalue weighted by molar-refractivity contribution is -0.132. The van der Waals surface area contributed by atoms with Crippen molar-refractivity contribution in [2.75, 3.05) is 6.61 Å². The number of halogens is 1. The van der Waals surface area contributed by atoms with Crippen molar-refractivity contribution in [1.29, 1.82) is 0 Å². The van der Waals surface area contributed by atoms with Crippen LogP contribution in [-0.2, 0) is 16.0 Å². The maximum atomic E-state index is 13.6. The van der Waals surface area contributed by atoms with Gasteiger partial charge in [0.15, 0.2) is 0 Å². The van der Waals surface area contributed by atoms with Gasteiger partial charge in [0.05, 0.1) is 12.6 Å². The van der Waals surface area contributed by atoms with Gasteiger partial charge in [-0.1, -0.05) is 12.1 Å². The van der Waals surface area contributed by atoms with Crippen LogP contribution >= 0.6 is 0 Å². The van der Waals surface area contributed by atoms with E-state index in [1.807, 2.05) is 6.07 Å². The molecule has 0 spiro atoms. The van der Waals surface area contributed by atoms with Crippen molar-refractivity contribution in [2.45, 2.75) is 44.8 Å². The van der Waals surface area contributed by atoms with Gasteiger partial charge in [-0.15, -0.1) is 0 Å². The first kappa shape index (κ1) is 13.6. The van der Waals surface area contributed by atoms with Crippen LogP contribution in [0.5, 0.6) is 0 Å². The number of nitrogens with one attached hydrogen (secondary N) is 1. The third-order valence-electron chi connectivity index (χ3n) is 4.18. The summed E-state index contributed by atoms with van der Waals surface area (Å²) >= 11 is 0. The highest BCUT2D eigenvalue weighted by atomic mass is 19.1. The first-order valence-corrected chi connectivity index (χ1v) is 7.34. The molecule has 0 aromatic heterocycles. The fourth-order valence-corrected chi connectivity index (χ4v) is 2.69. The molecule has 1 saturated carbocycles. The van der Waals surface area contributed by atoms with Gasteiger partial charge in [-0.2, -0.15) is 0 Å². The zero-order valence-electron chi connectivity index (χ0n) is 11.7. The SMILES string of the molecule is C[C@@H](OCC1CC1)C(=O)N[C@H]1CCc2c(F)cccc21. The highest BCUT2D eigenvalue weighted by Crippen LogP contribution is 2.33. The summed E-state index contributed by atoms with van der Waals surface area (Å²) in [4.78, 5) is 12.1. The van der Waals surface area contributed by atoms with E-state index in [4.69, 9.17) is 4.74 Å². The standard InChI is InChI=1S/C16H20FNO2/c1-10(20-9-11-5-6-11)16(19)18-15-8-7-12-13(15)3-2-4-14(12)17/h2-4,10-11,15H,5-9H2,1H3,(H,18,19)/t10-,15+/m1/s1. The summed E-state index contributed by atoms with van der Waals surface area (Å²) < 4.78 is 19.2. The van der Waals surface area contributed by atoms with Gasteiger partial charge >= 0.3 is 0 Å². The summed E-state index contributed by atoms with van der Waals surface area (Å²) in [5, 5.41) is 2.98. The molecule has 4 heteroatoms. The van der Waals surface area contributed by atoms with E-state index in [2.05, 4.69) is 5.32 Å². The van der Waals surface area contributed by atoms with Crippen LogP contribution in [0.1, 0.15) is 43.4 Å². The maximum Gasteiger partial charge on any atom is 0.249 e. The zero-order valence-corrected chi connectivity index (χ0v) is 11.7. The molecule has 3 rings (SSSR count). The number of amides is 1. The minimum atomic E-state index is -0.437. The molecule has 1 amide bonds. The smallest absolute Gasteiger partial charge is 0.249 e. The molecule has 3 nitrogen and oxygen atoms in total. The van der Waals surface area contributed by atoms with Crippen molar-refractivity contribution in [2.24, 2.45) is 5.92 Å². The Hall–Kier alpha value is -1.42. The fraction of sp³-hybridized carbons (Fsp3) is 0.562. The minimum Gasteiger partial charge on any atom is -0.368 e. The molecule has 20 heavy (non-hydrogen) atoms. The molecule has 0 saturated heterocycles. The predicted molar refractivity (Wildman–Crippen MR) is 73.7 cm³/mol. The lowest BCUT2D eigenvalue weighted by Crippen LogP contribution is -2.36. The Morgan fingerprint density at radius 2 is 2.25 bits per heavy atom. The first-order chi connectivity index (χ1) is 9.65. The number of benzene rings is 1. The average molecular weight is 277 g/mol. The van der Waals surface area contributed by atoms with E-state index in [9.17, 15) is 9.18 Å². The van der Waals surface area contributed by atoms with Gasteiger partial charge in [-0.25, -0.2) is 4.39 Å². The van der Waals surface area contributed by atoms with Crippen molar-refractivity contribution < 1.29 is 13.9 Å². The third kappa shape index (κ3) is 2.85. The lowest BCUT2D eigenvalue weighted by atomic mass is 10.1. The second-order valence-electron chi connectivity index (χ2n) is 5.83. The summed E-state index contributed by atoms with van der Waals surface area (Å²) in [6.45, 7) is 2.45. The topological polar surface area (TPSA) is 38.3 Å². The second-order valence-corrected chi connectivity index (χ2v) is 5.83. The molecule has 1 aromatic rings. The lowest BCUT2D eigenvalue weighted by Gasteiger charge is -2.18. The Kier molecular flexibility index (Phi) is 3.74. The monoisotopic (exact) mass is 277 g/mol. The number of carbonyl (C=O) groups is 1. The van der Waals surface area contributed by atoms with E-state index in [1.54, 1.807) is 13.0 Å². The van der Waals surface area contributed by atoms with E-state index < -0.39 is 6.10 Å². The molecule has 0 radical (unpaired) electrons. The Balaban J connectivity index is 1.58. The van der Waals surface area contributed by atoms with Crippen LogP contribution in [0.2, 0.25) is 0 Å². The van der Waals surface area contributed by atoms with Crippen LogP contribution < -0.4 is 5.32 Å². The summed E-state index contributed by atoms with van der Waals surface area (Å²) in [5.41, 5.74) is 1.65. The number of fused-ring (bicyclic) bond motifs is 1. The van der Waals surface area contributed by atoms with Gasteiger partial charge in [-0.3, -0.25) is 4.79 Å². The van der Waals surface area contributed by atoms with Crippen LogP contribution in [0.3, 0.4) is 0 Å². The van der Waals surface area contributed by atoms with Crippen molar-refractivity contribution >= 4 is 5.91 Å². The maximum absolute atomic E-state index is 13.6. The highest BCUT2D eigenvalue weighted by molar-refractivity contribution is 5.81. The molecule has 2 atom stereocenters. The summed E-state index contributed by atoms with van der Waals surface area (Å²) in [6, 6.07) is 4.99. The van der Waals surface area contributed by atoms with Crippen LogP contribution in [0.15, 0.2) is 18.2 Å². The second kappa shape index (κ2) is 5.52. The zero-order chi connectivity index (χ0) is 14.1. The van der Waals surface area contributed by atoms with Gasteiger partial charge in [0.25, 0.3) is 0 Å². The normalized spacial score (nSPS) is 22.4. The number of carbonyl (C=O) groups excluding carboxylic acids is 1. The predicted octanol–water partition coefficient (Wildman–Crippen LogP) is 2.74. The molecule has 0 bridgehead atoms. The first-order valence-electron chi connectivity index (χ1n) is 7.34. The molecule has 0 unspecified atom stereocenters. The van der Waals surface area contributed by atoms with Gasteiger partial charge in [0.1, 0.15) is 11.9 Å². The van der Waals surface area contributed by atoms with E-state index in [0.29, 0.717) is 18.9 Å². The van der Waals surface area contributed by atoms with E-state index >= 15 is 0 Å². The van der Waals surface area contributed by atoms with Crippen LogP contribution in [-0.4, -0.2) is 18.6 Å². The summed E-state index contributed by atoms with van der Waals surface area (Å²) in [7, 11) is 0. The van der Waals surface area contributed by atoms with E-state index in [-0.39, 0.29) is 17.8 Å². The number of rotatable bonds is 5. The van der Waals surface area contributed by atoms with Gasteiger partial charge < -0.3 is 10.1 Å². The molecule has 0 heterocycles. The Morgan fingerprint density at radius 1 is 1.45 bits per heavy atom. The number of ether oxygens (including phenoxy) is 1. The van der Waals surface area contributed by atoms with Gasteiger partial charge in [-0.05, 0) is 55.7 Å². The van der Waals surface area contributed by atoms with Crippen molar-refractivity contribution in [1.82, 2.24) is 5.32 Å². The Labute approximate surface area is 118 Å². The Bertz CT molecular complexity index is 513. The molecule has 108 valence electrons. The summed E-state index contributed by atoms with van der Waals surface area (Å²) in [6.07, 6.45) is 3.43. The van der Waals surface area contributed by atoms with Crippen molar-refractivity contribution in [3.8, 4) is 0 Å². The number of hydrogen-bond donors (Lipinski definition) is 1. The van der Waals surface area contributed by atoms with E-state index in [0.717, 1.165) is 17.5 Å². The molecule has 0 aliphatic heterocycles. The fourth-order valence-electron chi connectivity index (χ4n) is 2.69. The molecule has 1 N–H and O–H groups in total. The highest BCUT2D eigenvalue weighted by Gasteiger charge is 2.28. The minimum absolute atomic E-state index is 0.0832. The molecule has 2 aliphatic rings. The quantitative estimate of drug-likeness (QED) is 0.898. The summed E-state index contributed by atoms with van der Waals surface area (Å²) in [5.74, 6) is 0.372. The molecular formula is C16H20FNO2. The largest absolute Gasteiger partial charge is 0.368 e.